The molecule has 1 fully saturated rings. The Hall–Kier alpha value is -2.09. The zero-order valence-corrected chi connectivity index (χ0v) is 11.9. The van der Waals surface area contributed by atoms with E-state index in [0.717, 1.165) is 36.7 Å². The van der Waals surface area contributed by atoms with E-state index < -0.39 is 5.69 Å². The van der Waals surface area contributed by atoms with E-state index >= 15 is 0 Å². The van der Waals surface area contributed by atoms with Gasteiger partial charge in [-0.3, -0.25) is 14.3 Å². The summed E-state index contributed by atoms with van der Waals surface area (Å²) >= 11 is 0. The molecule has 0 saturated carbocycles. The quantitative estimate of drug-likeness (QED) is 0.702. The Kier molecular flexibility index (Phi) is 2.89. The minimum Gasteiger partial charge on any atom is -0.340 e. The molecule has 0 aliphatic carbocycles. The lowest BCUT2D eigenvalue weighted by atomic mass is 10.3. The Morgan fingerprint density at radius 2 is 1.65 bits per heavy atom. The van der Waals surface area contributed by atoms with E-state index in [9.17, 15) is 9.59 Å². The van der Waals surface area contributed by atoms with E-state index in [-0.39, 0.29) is 5.56 Å². The summed E-state index contributed by atoms with van der Waals surface area (Å²) < 4.78 is 2.83. The third-order valence-electron chi connectivity index (χ3n) is 3.89. The lowest BCUT2D eigenvalue weighted by Crippen LogP contribution is -2.45. The zero-order chi connectivity index (χ0) is 14.4. The number of imidazole rings is 1. The van der Waals surface area contributed by atoms with Crippen LogP contribution in [0, 0.1) is 0 Å². The number of likely N-dealkylation sites (N-methyl/N-ethyl adjacent to an activating group) is 1. The lowest BCUT2D eigenvalue weighted by Gasteiger charge is -2.32. The maximum Gasteiger partial charge on any atom is 0.329 e. The predicted octanol–water partition coefficient (Wildman–Crippen LogP) is -1.29. The van der Waals surface area contributed by atoms with Gasteiger partial charge in [0, 0.05) is 40.3 Å². The molecular formula is C12H18N6O2. The van der Waals surface area contributed by atoms with Crippen LogP contribution in [0.1, 0.15) is 0 Å². The monoisotopic (exact) mass is 278 g/mol. The van der Waals surface area contributed by atoms with Gasteiger partial charge in [0.05, 0.1) is 0 Å². The highest BCUT2D eigenvalue weighted by atomic mass is 16.2. The topological polar surface area (TPSA) is 79.2 Å². The number of piperazine rings is 1. The fourth-order valence-corrected chi connectivity index (χ4v) is 2.54. The van der Waals surface area contributed by atoms with Crippen LogP contribution in [-0.4, -0.2) is 57.2 Å². The molecule has 1 aliphatic rings. The van der Waals surface area contributed by atoms with Crippen molar-refractivity contribution in [3.8, 4) is 0 Å². The molecule has 108 valence electrons. The Morgan fingerprint density at radius 1 is 1.00 bits per heavy atom. The van der Waals surface area contributed by atoms with Gasteiger partial charge in [-0.2, -0.15) is 4.98 Å². The number of aryl methyl sites for hydroxylation is 1. The third-order valence-corrected chi connectivity index (χ3v) is 3.89. The molecule has 1 N–H and O–H groups in total. The number of hydrogen-bond acceptors (Lipinski definition) is 5. The van der Waals surface area contributed by atoms with Gasteiger partial charge < -0.3 is 14.4 Å². The number of aromatic amines is 1. The molecule has 3 heterocycles. The molecule has 8 heteroatoms. The summed E-state index contributed by atoms with van der Waals surface area (Å²) in [6, 6.07) is 0. The van der Waals surface area contributed by atoms with Gasteiger partial charge in [-0.15, -0.1) is 0 Å². The second kappa shape index (κ2) is 4.48. The van der Waals surface area contributed by atoms with Gasteiger partial charge in [-0.1, -0.05) is 0 Å². The van der Waals surface area contributed by atoms with E-state index in [4.69, 9.17) is 0 Å². The molecule has 0 bridgehead atoms. The van der Waals surface area contributed by atoms with Crippen LogP contribution in [0.15, 0.2) is 9.59 Å². The molecular weight excluding hydrogens is 260 g/mol. The Morgan fingerprint density at radius 3 is 2.30 bits per heavy atom. The minimum absolute atomic E-state index is 0.320. The largest absolute Gasteiger partial charge is 0.340 e. The molecule has 0 aromatic carbocycles. The molecule has 0 unspecified atom stereocenters. The molecule has 0 atom stereocenters. The van der Waals surface area contributed by atoms with Crippen LogP contribution in [0.5, 0.6) is 0 Å². The number of nitrogens with zero attached hydrogens (tertiary/aromatic N) is 5. The number of fused-ring (bicyclic) bond motifs is 1. The number of H-pyrrole nitrogens is 1. The van der Waals surface area contributed by atoms with Crippen LogP contribution in [0.25, 0.3) is 11.2 Å². The Balaban J connectivity index is 2.14. The first-order valence-corrected chi connectivity index (χ1v) is 6.58. The van der Waals surface area contributed by atoms with Crippen molar-refractivity contribution in [1.29, 1.82) is 0 Å². The summed E-state index contributed by atoms with van der Waals surface area (Å²) in [6.07, 6.45) is 0. The minimum atomic E-state index is -0.439. The van der Waals surface area contributed by atoms with Gasteiger partial charge in [0.25, 0.3) is 5.56 Å². The van der Waals surface area contributed by atoms with Crippen LogP contribution in [-0.2, 0) is 14.1 Å². The number of anilines is 1. The van der Waals surface area contributed by atoms with Crippen LogP contribution in [0.3, 0.4) is 0 Å². The van der Waals surface area contributed by atoms with Crippen molar-refractivity contribution >= 4 is 17.1 Å². The molecule has 20 heavy (non-hydrogen) atoms. The highest BCUT2D eigenvalue weighted by Crippen LogP contribution is 2.17. The van der Waals surface area contributed by atoms with Crippen molar-refractivity contribution < 1.29 is 0 Å². The normalized spacial score (nSPS) is 17.1. The molecule has 8 nitrogen and oxygen atoms in total. The SMILES string of the molecule is CN1CCN(c2nc3[nH]c(=O)n(C)c(=O)c3n2C)CC1. The number of aromatic nitrogens is 4. The highest BCUT2D eigenvalue weighted by Gasteiger charge is 2.21. The van der Waals surface area contributed by atoms with Crippen LogP contribution in [0.2, 0.25) is 0 Å². The van der Waals surface area contributed by atoms with E-state index in [1.54, 1.807) is 4.57 Å². The van der Waals surface area contributed by atoms with Crippen LogP contribution < -0.4 is 16.1 Å². The second-order valence-electron chi connectivity index (χ2n) is 5.25. The van der Waals surface area contributed by atoms with Gasteiger partial charge in [-0.05, 0) is 7.05 Å². The molecule has 0 radical (unpaired) electrons. The number of hydrogen-bond donors (Lipinski definition) is 1. The summed E-state index contributed by atoms with van der Waals surface area (Å²) in [6.45, 7) is 3.63. The second-order valence-corrected chi connectivity index (χ2v) is 5.25. The van der Waals surface area contributed by atoms with E-state index in [1.165, 1.54) is 7.05 Å². The van der Waals surface area contributed by atoms with Gasteiger partial charge in [0.2, 0.25) is 5.95 Å². The number of nitrogens with one attached hydrogen (secondary N) is 1. The van der Waals surface area contributed by atoms with Crippen molar-refractivity contribution in [2.24, 2.45) is 14.1 Å². The smallest absolute Gasteiger partial charge is 0.329 e. The molecule has 2 aromatic heterocycles. The predicted molar refractivity (Wildman–Crippen MR) is 76.3 cm³/mol. The first-order chi connectivity index (χ1) is 9.49. The van der Waals surface area contributed by atoms with Gasteiger partial charge in [0.1, 0.15) is 0 Å². The first-order valence-electron chi connectivity index (χ1n) is 6.58. The molecule has 2 aromatic rings. The summed E-state index contributed by atoms with van der Waals surface area (Å²) in [5.74, 6) is 0.729. The summed E-state index contributed by atoms with van der Waals surface area (Å²) in [4.78, 5) is 35.3. The van der Waals surface area contributed by atoms with E-state index in [1.807, 2.05) is 7.05 Å². The summed E-state index contributed by atoms with van der Waals surface area (Å²) in [5.41, 5.74) is 0.0280. The molecule has 3 rings (SSSR count). The Bertz CT molecular complexity index is 763. The summed E-state index contributed by atoms with van der Waals surface area (Å²) in [7, 11) is 5.35. The number of rotatable bonds is 1. The lowest BCUT2D eigenvalue weighted by molar-refractivity contribution is 0.310. The van der Waals surface area contributed by atoms with Crippen molar-refractivity contribution in [3.63, 3.8) is 0 Å². The van der Waals surface area contributed by atoms with Gasteiger partial charge in [0.15, 0.2) is 11.2 Å². The van der Waals surface area contributed by atoms with E-state index in [0.29, 0.717) is 11.2 Å². The van der Waals surface area contributed by atoms with Crippen molar-refractivity contribution in [3.05, 3.63) is 20.8 Å². The average molecular weight is 278 g/mol. The maximum absolute atomic E-state index is 12.2. The molecule has 0 spiro atoms. The van der Waals surface area contributed by atoms with Crippen LogP contribution >= 0.6 is 0 Å². The van der Waals surface area contributed by atoms with Crippen molar-refractivity contribution in [2.75, 3.05) is 38.1 Å². The molecule has 0 amide bonds. The average Bonchev–Trinajstić information content (AvgIpc) is 2.74. The fraction of sp³-hybridized carbons (Fsp3) is 0.583. The summed E-state index contributed by atoms with van der Waals surface area (Å²) in [5, 5.41) is 0. The fourth-order valence-electron chi connectivity index (χ4n) is 2.54. The molecule has 1 saturated heterocycles. The van der Waals surface area contributed by atoms with Gasteiger partial charge in [-0.25, -0.2) is 4.79 Å². The first kappa shape index (κ1) is 12.9. The molecule has 1 aliphatic heterocycles. The van der Waals surface area contributed by atoms with Crippen LogP contribution in [0.4, 0.5) is 5.95 Å². The standard InChI is InChI=1S/C12H18N6O2/c1-15-4-6-18(7-5-15)11-13-9-8(16(11)2)10(19)17(3)12(20)14-9/h4-7H2,1-3H3,(H,14,20). The maximum atomic E-state index is 12.2. The highest BCUT2D eigenvalue weighted by molar-refractivity contribution is 5.73. The van der Waals surface area contributed by atoms with Crippen molar-refractivity contribution in [1.82, 2.24) is 24.0 Å². The van der Waals surface area contributed by atoms with E-state index in [2.05, 4.69) is 26.8 Å². The van der Waals surface area contributed by atoms with Crippen molar-refractivity contribution in [2.45, 2.75) is 0 Å². The van der Waals surface area contributed by atoms with Gasteiger partial charge >= 0.3 is 5.69 Å². The zero-order valence-electron chi connectivity index (χ0n) is 11.9. The Labute approximate surface area is 115 Å². The third kappa shape index (κ3) is 1.83.